The van der Waals surface area contributed by atoms with Crippen LogP contribution in [0.1, 0.15) is 28.9 Å². The molecule has 3 aromatic rings. The number of aromatic nitrogens is 3. The number of hydrogen-bond donors (Lipinski definition) is 0. The van der Waals surface area contributed by atoms with E-state index in [0.717, 1.165) is 43.0 Å². The highest BCUT2D eigenvalue weighted by atomic mass is 19.1. The maximum absolute atomic E-state index is 13.1. The lowest BCUT2D eigenvalue weighted by molar-refractivity contribution is 0.0900. The van der Waals surface area contributed by atoms with Crippen molar-refractivity contribution in [1.82, 2.24) is 15.0 Å². The van der Waals surface area contributed by atoms with Gasteiger partial charge in [-0.3, -0.25) is 9.78 Å². The summed E-state index contributed by atoms with van der Waals surface area (Å²) in [6.07, 6.45) is 4.98. The zero-order chi connectivity index (χ0) is 19.5. The van der Waals surface area contributed by atoms with Crippen LogP contribution in [0.3, 0.4) is 0 Å². The minimum Gasteiger partial charge on any atom is -0.356 e. The summed E-state index contributed by atoms with van der Waals surface area (Å²) in [5.74, 6) is 1.26. The third-order valence-electron chi connectivity index (χ3n) is 5.08. The van der Waals surface area contributed by atoms with Gasteiger partial charge in [-0.05, 0) is 56.2 Å². The first-order valence-electron chi connectivity index (χ1n) is 9.41. The Kier molecular flexibility index (Phi) is 5.10. The Morgan fingerprint density at radius 3 is 2.54 bits per heavy atom. The monoisotopic (exact) mass is 376 g/mol. The molecule has 6 heteroatoms. The minimum absolute atomic E-state index is 0.0394. The van der Waals surface area contributed by atoms with E-state index < -0.39 is 0 Å². The van der Waals surface area contributed by atoms with Gasteiger partial charge >= 0.3 is 0 Å². The lowest BCUT2D eigenvalue weighted by Crippen LogP contribution is -2.37. The summed E-state index contributed by atoms with van der Waals surface area (Å²) in [6, 6.07) is 11.6. The van der Waals surface area contributed by atoms with Crippen molar-refractivity contribution >= 4 is 11.6 Å². The Labute approximate surface area is 163 Å². The maximum Gasteiger partial charge on any atom is 0.166 e. The molecule has 0 N–H and O–H groups in total. The first-order chi connectivity index (χ1) is 13.6. The van der Waals surface area contributed by atoms with Crippen LogP contribution in [0.25, 0.3) is 11.4 Å². The number of pyridine rings is 1. The first kappa shape index (κ1) is 18.2. The van der Waals surface area contributed by atoms with Gasteiger partial charge in [-0.1, -0.05) is 0 Å². The highest BCUT2D eigenvalue weighted by molar-refractivity contribution is 5.98. The second-order valence-corrected chi connectivity index (χ2v) is 7.07. The van der Waals surface area contributed by atoms with E-state index in [4.69, 9.17) is 4.98 Å². The Hall–Kier alpha value is -3.15. The van der Waals surface area contributed by atoms with Gasteiger partial charge in [0.25, 0.3) is 0 Å². The summed E-state index contributed by atoms with van der Waals surface area (Å²) >= 11 is 0. The van der Waals surface area contributed by atoms with Crippen molar-refractivity contribution in [1.29, 1.82) is 0 Å². The molecule has 0 aliphatic carbocycles. The molecule has 1 aliphatic rings. The minimum atomic E-state index is -0.324. The molecule has 2 aromatic heterocycles. The fourth-order valence-corrected chi connectivity index (χ4v) is 3.56. The molecule has 0 spiro atoms. The highest BCUT2D eigenvalue weighted by Gasteiger charge is 2.26. The third kappa shape index (κ3) is 3.91. The molecule has 1 fully saturated rings. The number of anilines is 1. The molecule has 0 unspecified atom stereocenters. The largest absolute Gasteiger partial charge is 0.356 e. The normalized spacial score (nSPS) is 14.9. The molecule has 0 saturated carbocycles. The molecule has 28 heavy (non-hydrogen) atoms. The fraction of sp³-hybridized carbons (Fsp3) is 0.273. The van der Waals surface area contributed by atoms with E-state index in [-0.39, 0.29) is 17.5 Å². The molecule has 0 radical (unpaired) electrons. The van der Waals surface area contributed by atoms with Crippen LogP contribution in [0.15, 0.2) is 54.9 Å². The lowest BCUT2D eigenvalue weighted by Gasteiger charge is -2.32. The van der Waals surface area contributed by atoms with Crippen LogP contribution in [0.5, 0.6) is 0 Å². The number of hydrogen-bond acceptors (Lipinski definition) is 5. The van der Waals surface area contributed by atoms with Crippen molar-refractivity contribution in [3.63, 3.8) is 0 Å². The molecule has 0 atom stereocenters. The zero-order valence-electron chi connectivity index (χ0n) is 15.7. The number of rotatable bonds is 4. The van der Waals surface area contributed by atoms with E-state index in [1.54, 1.807) is 24.5 Å². The van der Waals surface area contributed by atoms with Crippen molar-refractivity contribution < 1.29 is 9.18 Å². The molecule has 3 heterocycles. The van der Waals surface area contributed by atoms with E-state index in [1.807, 2.05) is 25.1 Å². The summed E-state index contributed by atoms with van der Waals surface area (Å²) in [7, 11) is 0. The van der Waals surface area contributed by atoms with Crippen LogP contribution in [0, 0.1) is 18.7 Å². The van der Waals surface area contributed by atoms with Crippen LogP contribution >= 0.6 is 0 Å². The summed E-state index contributed by atoms with van der Waals surface area (Å²) in [5.41, 5.74) is 2.36. The van der Waals surface area contributed by atoms with Crippen molar-refractivity contribution in [2.45, 2.75) is 19.8 Å². The van der Waals surface area contributed by atoms with Gasteiger partial charge in [0.15, 0.2) is 11.6 Å². The van der Waals surface area contributed by atoms with E-state index >= 15 is 0 Å². The highest BCUT2D eigenvalue weighted by Crippen LogP contribution is 2.26. The summed E-state index contributed by atoms with van der Waals surface area (Å²) < 4.78 is 13.1. The van der Waals surface area contributed by atoms with Crippen LogP contribution in [-0.2, 0) is 0 Å². The van der Waals surface area contributed by atoms with E-state index in [0.29, 0.717) is 11.4 Å². The average Bonchev–Trinajstić information content (AvgIpc) is 2.74. The van der Waals surface area contributed by atoms with Gasteiger partial charge in [0.2, 0.25) is 0 Å². The Morgan fingerprint density at radius 1 is 1.11 bits per heavy atom. The van der Waals surface area contributed by atoms with Crippen molar-refractivity contribution in [2.24, 2.45) is 5.92 Å². The average molecular weight is 376 g/mol. The van der Waals surface area contributed by atoms with Crippen molar-refractivity contribution in [2.75, 3.05) is 18.0 Å². The summed E-state index contributed by atoms with van der Waals surface area (Å²) in [6.45, 7) is 3.46. The molecular formula is C22H21FN4O. The standard InChI is InChI=1S/C22H21FN4O/c1-15-13-20(26-22(25-15)18-3-2-10-24-14-18)27-11-8-17(9-12-27)21(28)16-4-6-19(23)7-5-16/h2-7,10,13-14,17H,8-9,11-12H2,1H3. The third-order valence-corrected chi connectivity index (χ3v) is 5.08. The lowest BCUT2D eigenvalue weighted by atomic mass is 9.89. The Morgan fingerprint density at radius 2 is 1.86 bits per heavy atom. The first-order valence-corrected chi connectivity index (χ1v) is 9.41. The van der Waals surface area contributed by atoms with Gasteiger partial charge in [0, 0.05) is 54.3 Å². The molecule has 0 amide bonds. The number of aryl methyl sites for hydroxylation is 1. The predicted octanol–water partition coefficient (Wildman–Crippen LogP) is 4.09. The second kappa shape index (κ2) is 7.84. The molecule has 5 nitrogen and oxygen atoms in total. The topological polar surface area (TPSA) is 59.0 Å². The number of Topliss-reactive ketones (excluding diaryl/α,β-unsaturated/α-hetero) is 1. The van der Waals surface area contributed by atoms with Crippen LogP contribution < -0.4 is 4.90 Å². The quantitative estimate of drug-likeness (QED) is 0.642. The molecule has 142 valence electrons. The van der Waals surface area contributed by atoms with E-state index in [2.05, 4.69) is 14.9 Å². The number of benzene rings is 1. The van der Waals surface area contributed by atoms with Crippen molar-refractivity contribution in [3.05, 3.63) is 71.9 Å². The Balaban J connectivity index is 1.47. The molecular weight excluding hydrogens is 355 g/mol. The molecule has 1 aromatic carbocycles. The van der Waals surface area contributed by atoms with Crippen LogP contribution in [0.2, 0.25) is 0 Å². The SMILES string of the molecule is Cc1cc(N2CCC(C(=O)c3ccc(F)cc3)CC2)nc(-c2cccnc2)n1. The van der Waals surface area contributed by atoms with Gasteiger partial charge < -0.3 is 4.90 Å². The number of carbonyl (C=O) groups is 1. The van der Waals surface area contributed by atoms with Crippen LogP contribution in [-0.4, -0.2) is 33.8 Å². The van der Waals surface area contributed by atoms with Crippen LogP contribution in [0.4, 0.5) is 10.2 Å². The molecule has 1 aliphatic heterocycles. The predicted molar refractivity (Wildman–Crippen MR) is 106 cm³/mol. The smallest absolute Gasteiger partial charge is 0.166 e. The fourth-order valence-electron chi connectivity index (χ4n) is 3.56. The van der Waals surface area contributed by atoms with Gasteiger partial charge in [-0.15, -0.1) is 0 Å². The zero-order valence-corrected chi connectivity index (χ0v) is 15.7. The van der Waals surface area contributed by atoms with Crippen molar-refractivity contribution in [3.8, 4) is 11.4 Å². The van der Waals surface area contributed by atoms with Gasteiger partial charge in [0.1, 0.15) is 11.6 Å². The van der Waals surface area contributed by atoms with Gasteiger partial charge in [0.05, 0.1) is 0 Å². The van der Waals surface area contributed by atoms with E-state index in [1.165, 1.54) is 12.1 Å². The molecule has 0 bridgehead atoms. The molecule has 1 saturated heterocycles. The number of nitrogens with zero attached hydrogens (tertiary/aromatic N) is 4. The second-order valence-electron chi connectivity index (χ2n) is 7.07. The number of piperidine rings is 1. The number of carbonyl (C=O) groups excluding carboxylic acids is 1. The number of ketones is 1. The maximum atomic E-state index is 13.1. The van der Waals surface area contributed by atoms with Gasteiger partial charge in [-0.25, -0.2) is 14.4 Å². The molecule has 4 rings (SSSR count). The summed E-state index contributed by atoms with van der Waals surface area (Å²) in [4.78, 5) is 28.3. The van der Waals surface area contributed by atoms with E-state index in [9.17, 15) is 9.18 Å². The van der Waals surface area contributed by atoms with Gasteiger partial charge in [-0.2, -0.15) is 0 Å². The number of halogens is 1. The summed E-state index contributed by atoms with van der Waals surface area (Å²) in [5, 5.41) is 0. The Bertz CT molecular complexity index is 968.